The first-order valence-corrected chi connectivity index (χ1v) is 16.3. The molecule has 1 aliphatic heterocycles. The van der Waals surface area contributed by atoms with Gasteiger partial charge in [0.15, 0.2) is 9.84 Å². The number of aromatic nitrogens is 2. The highest BCUT2D eigenvalue weighted by Gasteiger charge is 2.44. The molecule has 5 rings (SSSR count). The van der Waals surface area contributed by atoms with Crippen LogP contribution in [0.3, 0.4) is 0 Å². The number of nitrogens with one attached hydrogen (secondary N) is 2. The van der Waals surface area contributed by atoms with Crippen LogP contribution in [-0.4, -0.2) is 84.7 Å². The number of amides is 1. The second kappa shape index (κ2) is 12.1. The minimum atomic E-state index is -3.52. The van der Waals surface area contributed by atoms with E-state index in [4.69, 9.17) is 11.6 Å². The number of sulfone groups is 1. The van der Waals surface area contributed by atoms with Crippen molar-refractivity contribution in [3.05, 3.63) is 53.6 Å². The van der Waals surface area contributed by atoms with Crippen LogP contribution in [0.4, 0.5) is 11.8 Å². The van der Waals surface area contributed by atoms with Gasteiger partial charge in [0.25, 0.3) is 0 Å². The molecule has 0 unspecified atom stereocenters. The van der Waals surface area contributed by atoms with Crippen LogP contribution in [0.5, 0.6) is 0 Å². The molecule has 1 aromatic heterocycles. The third-order valence-corrected chi connectivity index (χ3v) is 10.8. The Morgan fingerprint density at radius 1 is 1.10 bits per heavy atom. The van der Waals surface area contributed by atoms with Gasteiger partial charge in [0.2, 0.25) is 11.9 Å². The van der Waals surface area contributed by atoms with E-state index in [1.54, 1.807) is 43.4 Å². The van der Waals surface area contributed by atoms with E-state index < -0.39 is 15.9 Å². The molecule has 1 saturated carbocycles. The monoisotopic (exact) mass is 598 g/mol. The second-order valence-electron chi connectivity index (χ2n) is 11.5. The Labute approximate surface area is 247 Å². The molecular weight excluding hydrogens is 560 g/mol. The zero-order valence-electron chi connectivity index (χ0n) is 24.0. The predicted octanol–water partition coefficient (Wildman–Crippen LogP) is 4.69. The first kappa shape index (κ1) is 29.5. The number of likely N-dealkylation sites (tertiary alicyclic amines) is 1. The van der Waals surface area contributed by atoms with Crippen LogP contribution in [-0.2, 0) is 14.6 Å². The zero-order valence-corrected chi connectivity index (χ0v) is 25.6. The molecule has 2 heterocycles. The van der Waals surface area contributed by atoms with Gasteiger partial charge < -0.3 is 20.4 Å². The Morgan fingerprint density at radius 3 is 2.56 bits per heavy atom. The minimum Gasteiger partial charge on any atom is -0.358 e. The molecule has 2 aromatic carbocycles. The van der Waals surface area contributed by atoms with E-state index in [0.29, 0.717) is 40.7 Å². The molecule has 2 fully saturated rings. The van der Waals surface area contributed by atoms with Crippen LogP contribution in [0.2, 0.25) is 5.02 Å². The van der Waals surface area contributed by atoms with Gasteiger partial charge in [0.1, 0.15) is 11.9 Å². The fourth-order valence-corrected chi connectivity index (χ4v) is 8.12. The summed E-state index contributed by atoms with van der Waals surface area (Å²) in [5.41, 5.74) is 0.720. The van der Waals surface area contributed by atoms with Gasteiger partial charge in [-0.2, -0.15) is 4.98 Å². The molecule has 9 nitrogen and oxygen atoms in total. The summed E-state index contributed by atoms with van der Waals surface area (Å²) in [5.74, 6) is 0.827. The van der Waals surface area contributed by atoms with Crippen molar-refractivity contribution in [2.75, 3.05) is 37.0 Å². The number of nitrogens with zero attached hydrogens (tertiary/aromatic N) is 4. The average molecular weight is 599 g/mol. The normalized spacial score (nSPS) is 23.5. The number of halogens is 1. The molecule has 41 heavy (non-hydrogen) atoms. The fourth-order valence-electron chi connectivity index (χ4n) is 6.26. The third-order valence-electron chi connectivity index (χ3n) is 8.67. The van der Waals surface area contributed by atoms with Crippen LogP contribution in [0.1, 0.15) is 39.5 Å². The van der Waals surface area contributed by atoms with E-state index in [-0.39, 0.29) is 29.7 Å². The summed E-state index contributed by atoms with van der Waals surface area (Å²) < 4.78 is 27.0. The summed E-state index contributed by atoms with van der Waals surface area (Å²) in [6.07, 6.45) is 3.02. The van der Waals surface area contributed by atoms with E-state index in [1.165, 1.54) is 0 Å². The number of anilines is 2. The minimum absolute atomic E-state index is 0.0204. The lowest BCUT2D eigenvalue weighted by Gasteiger charge is -2.44. The first-order chi connectivity index (χ1) is 19.6. The molecule has 220 valence electrons. The maximum absolute atomic E-state index is 13.9. The predicted molar refractivity (Wildman–Crippen MR) is 164 cm³/mol. The van der Waals surface area contributed by atoms with Crippen molar-refractivity contribution in [2.24, 2.45) is 5.92 Å². The van der Waals surface area contributed by atoms with E-state index >= 15 is 0 Å². The Hall–Kier alpha value is -2.95. The number of fused-ring (bicyclic) bond motifs is 1. The van der Waals surface area contributed by atoms with Crippen molar-refractivity contribution in [2.45, 2.75) is 68.6 Å². The highest BCUT2D eigenvalue weighted by atomic mass is 35.5. The summed E-state index contributed by atoms with van der Waals surface area (Å²) in [4.78, 5) is 27.6. The zero-order chi connectivity index (χ0) is 29.3. The van der Waals surface area contributed by atoms with Gasteiger partial charge >= 0.3 is 0 Å². The molecule has 1 aliphatic carbocycles. The average Bonchev–Trinajstić information content (AvgIpc) is 3.32. The second-order valence-corrected chi connectivity index (χ2v) is 13.9. The van der Waals surface area contributed by atoms with Gasteiger partial charge in [-0.1, -0.05) is 29.8 Å². The molecule has 0 spiro atoms. The van der Waals surface area contributed by atoms with Crippen molar-refractivity contribution >= 4 is 50.0 Å². The maximum Gasteiger partial charge on any atom is 0.245 e. The molecule has 1 saturated heterocycles. The van der Waals surface area contributed by atoms with Gasteiger partial charge in [-0.25, -0.2) is 13.4 Å². The lowest BCUT2D eigenvalue weighted by molar-refractivity contribution is -0.132. The topological polar surface area (TPSA) is 108 Å². The van der Waals surface area contributed by atoms with Crippen LogP contribution < -0.4 is 10.6 Å². The van der Waals surface area contributed by atoms with Crippen LogP contribution in [0.15, 0.2) is 53.4 Å². The maximum atomic E-state index is 13.9. The SMILES string of the molecule is CNc1nc(N[C@H]2CCN([C@H]3CC[C@@H](N(C)C(C)C)C[C@@H]3CS(=O)(=O)c3ccccc3)C2=O)c2cc(Cl)ccc2n1. The van der Waals surface area contributed by atoms with Crippen LogP contribution in [0.25, 0.3) is 10.9 Å². The van der Waals surface area contributed by atoms with E-state index in [1.807, 2.05) is 17.0 Å². The Balaban J connectivity index is 1.39. The van der Waals surface area contributed by atoms with Crippen molar-refractivity contribution in [1.82, 2.24) is 19.8 Å². The van der Waals surface area contributed by atoms with Gasteiger partial charge in [0.05, 0.1) is 16.2 Å². The molecule has 4 atom stereocenters. The number of hydrogen-bond acceptors (Lipinski definition) is 8. The van der Waals surface area contributed by atoms with Gasteiger partial charge in [-0.3, -0.25) is 4.79 Å². The van der Waals surface area contributed by atoms with Crippen molar-refractivity contribution in [3.63, 3.8) is 0 Å². The van der Waals surface area contributed by atoms with E-state index in [2.05, 4.69) is 46.4 Å². The highest BCUT2D eigenvalue weighted by molar-refractivity contribution is 7.91. The molecule has 2 aliphatic rings. The number of rotatable bonds is 9. The standard InChI is InChI=1S/C30H39ClN6O3S/c1-19(2)36(4)22-11-13-27(20(16-22)18-41(39,40)23-8-6-5-7-9-23)37-15-14-26(29(37)38)33-28-24-17-21(31)10-12-25(24)34-30(32-3)35-28/h5-10,12,17,19-20,22,26-27H,11,13-16,18H2,1-4H3,(H2,32,33,34,35)/t20-,22-,26+,27+/m1/s1. The first-order valence-electron chi connectivity index (χ1n) is 14.3. The van der Waals surface area contributed by atoms with Gasteiger partial charge in [0, 0.05) is 42.1 Å². The quantitative estimate of drug-likeness (QED) is 0.365. The number of hydrogen-bond donors (Lipinski definition) is 2. The summed E-state index contributed by atoms with van der Waals surface area (Å²) >= 11 is 6.27. The Morgan fingerprint density at radius 2 is 1.85 bits per heavy atom. The largest absolute Gasteiger partial charge is 0.358 e. The molecule has 0 radical (unpaired) electrons. The van der Waals surface area contributed by atoms with E-state index in [9.17, 15) is 13.2 Å². The van der Waals surface area contributed by atoms with Crippen molar-refractivity contribution < 1.29 is 13.2 Å². The summed E-state index contributed by atoms with van der Waals surface area (Å²) in [7, 11) is 0.342. The summed E-state index contributed by atoms with van der Waals surface area (Å²) in [5, 5.41) is 7.65. The molecule has 0 bridgehead atoms. The van der Waals surface area contributed by atoms with Crippen LogP contribution >= 0.6 is 11.6 Å². The van der Waals surface area contributed by atoms with Crippen molar-refractivity contribution in [1.29, 1.82) is 0 Å². The van der Waals surface area contributed by atoms with Gasteiger partial charge in [-0.15, -0.1) is 0 Å². The number of benzene rings is 2. The summed E-state index contributed by atoms with van der Waals surface area (Å²) in [6, 6.07) is 14.1. The third kappa shape index (κ3) is 6.29. The highest BCUT2D eigenvalue weighted by Crippen LogP contribution is 2.36. The fraction of sp³-hybridized carbons (Fsp3) is 0.500. The molecular formula is C30H39ClN6O3S. The van der Waals surface area contributed by atoms with E-state index in [0.717, 1.165) is 30.2 Å². The molecule has 2 N–H and O–H groups in total. The van der Waals surface area contributed by atoms with Crippen molar-refractivity contribution in [3.8, 4) is 0 Å². The van der Waals surface area contributed by atoms with Crippen LogP contribution in [0, 0.1) is 5.92 Å². The van der Waals surface area contributed by atoms with Gasteiger partial charge in [-0.05, 0) is 82.8 Å². The molecule has 1 amide bonds. The molecule has 11 heteroatoms. The Kier molecular flexibility index (Phi) is 8.73. The Bertz CT molecular complexity index is 1500. The number of carbonyl (C=O) groups is 1. The lowest BCUT2D eigenvalue weighted by Crippen LogP contribution is -2.52. The summed E-state index contributed by atoms with van der Waals surface area (Å²) in [6.45, 7) is 4.88. The number of carbonyl (C=O) groups excluding carboxylic acids is 1. The smallest absolute Gasteiger partial charge is 0.245 e. The lowest BCUT2D eigenvalue weighted by atomic mass is 9.81. The molecule has 3 aromatic rings.